The molecule has 0 unspecified atom stereocenters. The molecule has 1 fully saturated rings. The smallest absolute Gasteiger partial charge is 0.257 e. The number of piperidine rings is 1. The second-order valence-electron chi connectivity index (χ2n) is 6.65. The lowest BCUT2D eigenvalue weighted by molar-refractivity contribution is 0.0585. The van der Waals surface area contributed by atoms with Crippen molar-refractivity contribution in [3.8, 4) is 11.6 Å². The third kappa shape index (κ3) is 3.87. The molecular formula is C21H20ClN3O3. The molecule has 0 spiro atoms. The van der Waals surface area contributed by atoms with Crippen LogP contribution < -0.4 is 9.47 Å². The predicted molar refractivity (Wildman–Crippen MR) is 107 cm³/mol. The van der Waals surface area contributed by atoms with Crippen molar-refractivity contribution < 1.29 is 14.3 Å². The summed E-state index contributed by atoms with van der Waals surface area (Å²) < 4.78 is 11.3. The zero-order chi connectivity index (χ0) is 19.5. The van der Waals surface area contributed by atoms with Gasteiger partial charge in [-0.15, -0.1) is 0 Å². The van der Waals surface area contributed by atoms with Crippen molar-refractivity contribution in [1.29, 1.82) is 0 Å². The normalized spacial score (nSPS) is 14.9. The Morgan fingerprint density at radius 1 is 1.14 bits per heavy atom. The summed E-state index contributed by atoms with van der Waals surface area (Å²) >= 11 is 6.05. The maximum Gasteiger partial charge on any atom is 0.257 e. The number of aromatic nitrogens is 2. The summed E-state index contributed by atoms with van der Waals surface area (Å²) in [5.74, 6) is 0.961. The molecule has 0 bridgehead atoms. The van der Waals surface area contributed by atoms with Crippen molar-refractivity contribution in [2.24, 2.45) is 0 Å². The molecular weight excluding hydrogens is 378 g/mol. The molecule has 1 aliphatic rings. The molecule has 1 aliphatic heterocycles. The van der Waals surface area contributed by atoms with Gasteiger partial charge in [-0.05, 0) is 30.3 Å². The zero-order valence-electron chi connectivity index (χ0n) is 15.5. The molecule has 2 heterocycles. The first-order chi connectivity index (χ1) is 13.6. The van der Waals surface area contributed by atoms with Crippen LogP contribution in [0.5, 0.6) is 11.6 Å². The minimum absolute atomic E-state index is 0.000712. The van der Waals surface area contributed by atoms with Crippen LogP contribution in [-0.2, 0) is 0 Å². The summed E-state index contributed by atoms with van der Waals surface area (Å²) in [5, 5.41) is 0.511. The van der Waals surface area contributed by atoms with E-state index in [0.717, 1.165) is 23.9 Å². The average Bonchev–Trinajstić information content (AvgIpc) is 2.73. The number of hydrogen-bond acceptors (Lipinski definition) is 5. The maximum absolute atomic E-state index is 12.9. The van der Waals surface area contributed by atoms with E-state index < -0.39 is 0 Å². The number of likely N-dealkylation sites (tertiary alicyclic amines) is 1. The number of para-hydroxylation sites is 2. The fraction of sp³-hybridized carbons (Fsp3) is 0.286. The number of amides is 1. The monoisotopic (exact) mass is 397 g/mol. The van der Waals surface area contributed by atoms with Gasteiger partial charge in [-0.3, -0.25) is 4.79 Å². The van der Waals surface area contributed by atoms with Gasteiger partial charge in [0.2, 0.25) is 5.88 Å². The molecule has 28 heavy (non-hydrogen) atoms. The quantitative estimate of drug-likeness (QED) is 0.666. The maximum atomic E-state index is 12.9. The van der Waals surface area contributed by atoms with Crippen LogP contribution in [0.15, 0.2) is 48.7 Å². The summed E-state index contributed by atoms with van der Waals surface area (Å²) in [6.07, 6.45) is 3.10. The van der Waals surface area contributed by atoms with Crippen molar-refractivity contribution in [2.45, 2.75) is 18.9 Å². The van der Waals surface area contributed by atoms with Crippen LogP contribution in [0.2, 0.25) is 5.02 Å². The molecule has 1 aromatic heterocycles. The second kappa shape index (κ2) is 8.02. The number of rotatable bonds is 4. The minimum atomic E-state index is -0.0803. The predicted octanol–water partition coefficient (Wildman–Crippen LogP) is 3.98. The molecule has 6 nitrogen and oxygen atoms in total. The van der Waals surface area contributed by atoms with Crippen LogP contribution in [0, 0.1) is 0 Å². The first-order valence-corrected chi connectivity index (χ1v) is 9.53. The van der Waals surface area contributed by atoms with E-state index in [1.54, 1.807) is 36.4 Å². The van der Waals surface area contributed by atoms with Crippen LogP contribution in [0.3, 0.4) is 0 Å². The Bertz CT molecular complexity index is 1000. The number of carbonyl (C=O) groups excluding carboxylic acids is 1. The summed E-state index contributed by atoms with van der Waals surface area (Å²) in [7, 11) is 1.55. The van der Waals surface area contributed by atoms with E-state index in [1.165, 1.54) is 0 Å². The van der Waals surface area contributed by atoms with Gasteiger partial charge in [-0.25, -0.2) is 9.97 Å². The van der Waals surface area contributed by atoms with Crippen LogP contribution in [0.25, 0.3) is 11.0 Å². The lowest BCUT2D eigenvalue weighted by atomic mass is 10.1. The second-order valence-corrected chi connectivity index (χ2v) is 7.09. The lowest BCUT2D eigenvalue weighted by Gasteiger charge is -2.32. The van der Waals surface area contributed by atoms with Crippen molar-refractivity contribution in [2.75, 3.05) is 20.2 Å². The first-order valence-electron chi connectivity index (χ1n) is 9.15. The number of halogens is 1. The third-order valence-corrected chi connectivity index (χ3v) is 5.07. The number of benzene rings is 2. The van der Waals surface area contributed by atoms with E-state index in [9.17, 15) is 4.79 Å². The van der Waals surface area contributed by atoms with E-state index in [4.69, 9.17) is 21.1 Å². The van der Waals surface area contributed by atoms with Crippen molar-refractivity contribution in [3.63, 3.8) is 0 Å². The van der Waals surface area contributed by atoms with Crippen LogP contribution >= 0.6 is 11.6 Å². The fourth-order valence-electron chi connectivity index (χ4n) is 3.36. The Hall–Kier alpha value is -2.86. The van der Waals surface area contributed by atoms with E-state index in [1.807, 2.05) is 24.3 Å². The van der Waals surface area contributed by atoms with Gasteiger partial charge in [0.15, 0.2) is 0 Å². The number of ether oxygens (including phenoxy) is 2. The average molecular weight is 398 g/mol. The van der Waals surface area contributed by atoms with Crippen molar-refractivity contribution >= 4 is 28.5 Å². The molecule has 4 rings (SSSR count). The molecule has 2 aromatic carbocycles. The molecule has 3 aromatic rings. The fourth-order valence-corrected chi connectivity index (χ4v) is 3.53. The summed E-state index contributed by atoms with van der Waals surface area (Å²) in [6.45, 7) is 1.19. The lowest BCUT2D eigenvalue weighted by Crippen LogP contribution is -2.42. The van der Waals surface area contributed by atoms with Gasteiger partial charge in [0, 0.05) is 31.0 Å². The summed E-state index contributed by atoms with van der Waals surface area (Å²) in [4.78, 5) is 23.6. The summed E-state index contributed by atoms with van der Waals surface area (Å²) in [5.41, 5.74) is 2.13. The number of fused-ring (bicyclic) bond motifs is 1. The van der Waals surface area contributed by atoms with E-state index in [2.05, 4.69) is 9.97 Å². The van der Waals surface area contributed by atoms with Crippen molar-refractivity contribution in [1.82, 2.24) is 14.9 Å². The Morgan fingerprint density at radius 2 is 1.89 bits per heavy atom. The molecule has 144 valence electrons. The van der Waals surface area contributed by atoms with Gasteiger partial charge < -0.3 is 14.4 Å². The highest BCUT2D eigenvalue weighted by Crippen LogP contribution is 2.26. The van der Waals surface area contributed by atoms with Crippen LogP contribution in [0.4, 0.5) is 0 Å². The Labute approximate surface area is 168 Å². The van der Waals surface area contributed by atoms with Gasteiger partial charge >= 0.3 is 0 Å². The highest BCUT2D eigenvalue weighted by Gasteiger charge is 2.27. The Morgan fingerprint density at radius 3 is 2.64 bits per heavy atom. The van der Waals surface area contributed by atoms with Gasteiger partial charge in [0.05, 0.1) is 29.9 Å². The van der Waals surface area contributed by atoms with E-state index in [0.29, 0.717) is 35.3 Å². The SMILES string of the molecule is COc1ccc(Cl)cc1C(=O)N1CCC(Oc2cnc3ccccc3n2)CC1. The highest BCUT2D eigenvalue weighted by molar-refractivity contribution is 6.31. The first kappa shape index (κ1) is 18.5. The van der Waals surface area contributed by atoms with E-state index in [-0.39, 0.29) is 12.0 Å². The molecule has 7 heteroatoms. The molecule has 1 saturated heterocycles. The van der Waals surface area contributed by atoms with Gasteiger partial charge in [-0.2, -0.15) is 0 Å². The van der Waals surface area contributed by atoms with E-state index >= 15 is 0 Å². The zero-order valence-corrected chi connectivity index (χ0v) is 16.2. The van der Waals surface area contributed by atoms with Crippen molar-refractivity contribution in [3.05, 3.63) is 59.2 Å². The molecule has 1 amide bonds. The topological polar surface area (TPSA) is 64.5 Å². The number of methoxy groups -OCH3 is 1. The largest absolute Gasteiger partial charge is 0.496 e. The molecule has 0 N–H and O–H groups in total. The Kier molecular flexibility index (Phi) is 5.30. The van der Waals surface area contributed by atoms with Gasteiger partial charge in [0.25, 0.3) is 5.91 Å². The molecule has 0 aliphatic carbocycles. The van der Waals surface area contributed by atoms with Crippen LogP contribution in [0.1, 0.15) is 23.2 Å². The summed E-state index contributed by atoms with van der Waals surface area (Å²) in [6, 6.07) is 12.8. The minimum Gasteiger partial charge on any atom is -0.496 e. The Balaban J connectivity index is 1.40. The molecule has 0 saturated carbocycles. The molecule has 0 atom stereocenters. The number of nitrogens with zero attached hydrogens (tertiary/aromatic N) is 3. The highest BCUT2D eigenvalue weighted by atomic mass is 35.5. The molecule has 0 radical (unpaired) electrons. The van der Waals surface area contributed by atoms with Crippen LogP contribution in [-0.4, -0.2) is 47.1 Å². The number of hydrogen-bond donors (Lipinski definition) is 0. The van der Waals surface area contributed by atoms with Gasteiger partial charge in [-0.1, -0.05) is 23.7 Å². The third-order valence-electron chi connectivity index (χ3n) is 4.83. The van der Waals surface area contributed by atoms with Gasteiger partial charge in [0.1, 0.15) is 11.9 Å². The number of carbonyl (C=O) groups is 1. The standard InChI is InChI=1S/C21H20ClN3O3/c1-27-19-7-6-14(22)12-16(19)21(26)25-10-8-15(9-11-25)28-20-13-23-17-4-2-3-5-18(17)24-20/h2-7,12-13,15H,8-11H2,1H3.